The molecular weight excluding hydrogens is 443 g/mol. The van der Waals surface area contributed by atoms with Gasteiger partial charge in [-0.25, -0.2) is 0 Å². The van der Waals surface area contributed by atoms with Crippen LogP contribution < -0.4 is 4.74 Å². The maximum absolute atomic E-state index is 13.0. The predicted octanol–water partition coefficient (Wildman–Crippen LogP) is 6.16. The highest BCUT2D eigenvalue weighted by Gasteiger charge is 2.41. The lowest BCUT2D eigenvalue weighted by atomic mass is 9.77. The van der Waals surface area contributed by atoms with Crippen LogP contribution in [-0.2, 0) is 6.54 Å². The number of carbonyl (C=O) groups excluding carboxylic acids is 1. The number of halogens is 2. The van der Waals surface area contributed by atoms with Crippen LogP contribution in [0.25, 0.3) is 0 Å². The van der Waals surface area contributed by atoms with Gasteiger partial charge in [-0.3, -0.25) is 9.69 Å². The van der Waals surface area contributed by atoms with Gasteiger partial charge in [0.1, 0.15) is 5.75 Å². The molecule has 172 valence electrons. The lowest BCUT2D eigenvalue weighted by molar-refractivity contribution is 0.0588. The SMILES string of the molecule is CC(C)COc1ccccc1CN1CCC2(CCN(C(=O)c3cccc(Cl)c3Cl)CC2)C1. The number of nitrogens with zero attached hydrogens (tertiary/aromatic N) is 2. The number of para-hydroxylation sites is 1. The maximum atomic E-state index is 13.0. The maximum Gasteiger partial charge on any atom is 0.255 e. The lowest BCUT2D eigenvalue weighted by Crippen LogP contribution is -2.44. The van der Waals surface area contributed by atoms with Crippen molar-refractivity contribution in [3.05, 3.63) is 63.6 Å². The first kappa shape index (κ1) is 23.4. The van der Waals surface area contributed by atoms with Crippen LogP contribution in [0, 0.1) is 11.3 Å². The number of amides is 1. The van der Waals surface area contributed by atoms with E-state index in [0.717, 1.165) is 57.9 Å². The Morgan fingerprint density at radius 1 is 1.03 bits per heavy atom. The van der Waals surface area contributed by atoms with Gasteiger partial charge in [0.2, 0.25) is 0 Å². The van der Waals surface area contributed by atoms with Crippen LogP contribution in [0.15, 0.2) is 42.5 Å². The van der Waals surface area contributed by atoms with E-state index in [-0.39, 0.29) is 5.91 Å². The Bertz CT molecular complexity index is 955. The molecule has 0 atom stereocenters. The van der Waals surface area contributed by atoms with E-state index in [1.165, 1.54) is 12.0 Å². The van der Waals surface area contributed by atoms with Crippen molar-refractivity contribution in [1.82, 2.24) is 9.80 Å². The van der Waals surface area contributed by atoms with Crippen LogP contribution in [0.1, 0.15) is 49.0 Å². The summed E-state index contributed by atoms with van der Waals surface area (Å²) < 4.78 is 6.06. The number of piperidine rings is 1. The monoisotopic (exact) mass is 474 g/mol. The third-order valence-electron chi connectivity index (χ3n) is 6.75. The van der Waals surface area contributed by atoms with Crippen LogP contribution in [0.5, 0.6) is 5.75 Å². The Hall–Kier alpha value is -1.75. The molecule has 2 fully saturated rings. The van der Waals surface area contributed by atoms with Crippen molar-refractivity contribution >= 4 is 29.1 Å². The molecule has 2 aliphatic rings. The third-order valence-corrected chi connectivity index (χ3v) is 7.57. The summed E-state index contributed by atoms with van der Waals surface area (Å²) in [6.07, 6.45) is 3.24. The molecule has 0 aliphatic carbocycles. The summed E-state index contributed by atoms with van der Waals surface area (Å²) in [5, 5.41) is 0.778. The molecule has 2 aliphatic heterocycles. The topological polar surface area (TPSA) is 32.8 Å². The highest BCUT2D eigenvalue weighted by Crippen LogP contribution is 2.41. The molecule has 0 unspecified atom stereocenters. The molecule has 0 bridgehead atoms. The molecule has 1 spiro atoms. The molecule has 4 nitrogen and oxygen atoms in total. The average Bonchev–Trinajstić information content (AvgIpc) is 3.17. The fourth-order valence-corrected chi connectivity index (χ4v) is 5.25. The fourth-order valence-electron chi connectivity index (χ4n) is 4.87. The summed E-state index contributed by atoms with van der Waals surface area (Å²) in [6.45, 7) is 9.69. The van der Waals surface area contributed by atoms with Crippen LogP contribution in [0.2, 0.25) is 10.0 Å². The van der Waals surface area contributed by atoms with Crippen LogP contribution in [0.3, 0.4) is 0 Å². The summed E-state index contributed by atoms with van der Waals surface area (Å²) in [7, 11) is 0. The van der Waals surface area contributed by atoms with Crippen LogP contribution in [-0.4, -0.2) is 48.5 Å². The Balaban J connectivity index is 1.35. The van der Waals surface area contributed by atoms with Crippen LogP contribution in [0.4, 0.5) is 0 Å². The van der Waals surface area contributed by atoms with Crippen molar-refractivity contribution in [1.29, 1.82) is 0 Å². The number of carbonyl (C=O) groups is 1. The van der Waals surface area contributed by atoms with Gasteiger partial charge in [0.15, 0.2) is 0 Å². The van der Waals surface area contributed by atoms with E-state index in [0.29, 0.717) is 26.9 Å². The van der Waals surface area contributed by atoms with Crippen molar-refractivity contribution in [2.24, 2.45) is 11.3 Å². The summed E-state index contributed by atoms with van der Waals surface area (Å²) in [5.41, 5.74) is 2.05. The van der Waals surface area contributed by atoms with Gasteiger partial charge >= 0.3 is 0 Å². The number of hydrogen-bond acceptors (Lipinski definition) is 3. The van der Waals surface area contributed by atoms with Gasteiger partial charge in [-0.05, 0) is 55.3 Å². The normalized spacial score (nSPS) is 18.5. The molecule has 6 heteroatoms. The van der Waals surface area contributed by atoms with Gasteiger partial charge in [-0.15, -0.1) is 0 Å². The number of rotatable bonds is 6. The number of hydrogen-bond donors (Lipinski definition) is 0. The number of likely N-dealkylation sites (tertiary alicyclic amines) is 2. The quantitative estimate of drug-likeness (QED) is 0.502. The second-order valence-electron chi connectivity index (χ2n) is 9.67. The first-order chi connectivity index (χ1) is 15.4. The van der Waals surface area contributed by atoms with Crippen molar-refractivity contribution in [2.75, 3.05) is 32.8 Å². The molecule has 0 aromatic heterocycles. The van der Waals surface area contributed by atoms with Gasteiger partial charge in [-0.1, -0.05) is 61.3 Å². The third kappa shape index (κ3) is 5.24. The molecule has 2 aromatic rings. The Morgan fingerprint density at radius 2 is 1.75 bits per heavy atom. The molecule has 1 amide bonds. The molecule has 2 aromatic carbocycles. The van der Waals surface area contributed by atoms with Crippen LogP contribution >= 0.6 is 23.2 Å². The lowest BCUT2D eigenvalue weighted by Gasteiger charge is -2.39. The van der Waals surface area contributed by atoms with Gasteiger partial charge in [-0.2, -0.15) is 0 Å². The van der Waals surface area contributed by atoms with E-state index in [1.54, 1.807) is 18.2 Å². The Kier molecular flexibility index (Phi) is 7.34. The van der Waals surface area contributed by atoms with Crippen molar-refractivity contribution in [2.45, 2.75) is 39.7 Å². The second-order valence-corrected chi connectivity index (χ2v) is 10.5. The largest absolute Gasteiger partial charge is 0.493 e. The average molecular weight is 475 g/mol. The molecule has 32 heavy (non-hydrogen) atoms. The van der Waals surface area contributed by atoms with E-state index in [2.05, 4.69) is 36.9 Å². The zero-order chi connectivity index (χ0) is 22.7. The standard InChI is InChI=1S/C26H32Cl2N2O2/c1-19(2)17-32-23-9-4-3-6-20(23)16-29-13-10-26(18-29)11-14-30(15-12-26)25(31)21-7-5-8-22(27)24(21)28/h3-9,19H,10-18H2,1-2H3. The summed E-state index contributed by atoms with van der Waals surface area (Å²) >= 11 is 12.4. The fraction of sp³-hybridized carbons (Fsp3) is 0.500. The molecule has 2 saturated heterocycles. The Labute approximate surface area is 201 Å². The first-order valence-corrected chi connectivity index (χ1v) is 12.3. The van der Waals surface area contributed by atoms with Crippen molar-refractivity contribution < 1.29 is 9.53 Å². The predicted molar refractivity (Wildman–Crippen MR) is 131 cm³/mol. The molecular formula is C26H32Cl2N2O2. The first-order valence-electron chi connectivity index (χ1n) is 11.5. The number of ether oxygens (including phenoxy) is 1. The molecule has 0 saturated carbocycles. The summed E-state index contributed by atoms with van der Waals surface area (Å²) in [6, 6.07) is 13.6. The van der Waals surface area contributed by atoms with E-state index < -0.39 is 0 Å². The van der Waals surface area contributed by atoms with Gasteiger partial charge in [0.05, 0.1) is 22.2 Å². The number of benzene rings is 2. The molecule has 0 radical (unpaired) electrons. The summed E-state index contributed by atoms with van der Waals surface area (Å²) in [4.78, 5) is 17.5. The second kappa shape index (κ2) is 10.0. The van der Waals surface area contributed by atoms with E-state index >= 15 is 0 Å². The highest BCUT2D eigenvalue weighted by molar-refractivity contribution is 6.43. The zero-order valence-corrected chi connectivity index (χ0v) is 20.5. The van der Waals surface area contributed by atoms with Gasteiger partial charge in [0.25, 0.3) is 5.91 Å². The molecule has 0 N–H and O–H groups in total. The minimum absolute atomic E-state index is 0.0153. The Morgan fingerprint density at radius 3 is 2.50 bits per heavy atom. The summed E-state index contributed by atoms with van der Waals surface area (Å²) in [5.74, 6) is 1.49. The smallest absolute Gasteiger partial charge is 0.255 e. The minimum Gasteiger partial charge on any atom is -0.493 e. The van der Waals surface area contributed by atoms with E-state index in [1.807, 2.05) is 11.0 Å². The van der Waals surface area contributed by atoms with Gasteiger partial charge in [0, 0.05) is 31.7 Å². The molecule has 2 heterocycles. The molecule has 4 rings (SSSR count). The van der Waals surface area contributed by atoms with Gasteiger partial charge < -0.3 is 9.64 Å². The van der Waals surface area contributed by atoms with Crippen molar-refractivity contribution in [3.8, 4) is 5.75 Å². The zero-order valence-electron chi connectivity index (χ0n) is 18.9. The highest BCUT2D eigenvalue weighted by atomic mass is 35.5. The minimum atomic E-state index is -0.0153. The van der Waals surface area contributed by atoms with Crippen molar-refractivity contribution in [3.63, 3.8) is 0 Å². The van der Waals surface area contributed by atoms with E-state index in [4.69, 9.17) is 27.9 Å². The van der Waals surface area contributed by atoms with E-state index in [9.17, 15) is 4.79 Å².